The highest BCUT2D eigenvalue weighted by Gasteiger charge is 2.36. The Morgan fingerprint density at radius 3 is 2.43 bits per heavy atom. The summed E-state index contributed by atoms with van der Waals surface area (Å²) in [6.07, 6.45) is 2.41. The average Bonchev–Trinajstić information content (AvgIpc) is 2.46. The minimum atomic E-state index is -0.896. The first-order chi connectivity index (χ1) is 9.95. The molecule has 4 nitrogen and oxygen atoms in total. The Kier molecular flexibility index (Phi) is 4.66. The fraction of sp³-hybridized carbons (Fsp3) is 0.529. The maximum atomic E-state index is 12.8. The summed E-state index contributed by atoms with van der Waals surface area (Å²) in [6.45, 7) is 6.40. The first-order valence-electron chi connectivity index (χ1n) is 7.55. The molecule has 1 N–H and O–H groups in total. The third-order valence-corrected chi connectivity index (χ3v) is 4.53. The zero-order valence-corrected chi connectivity index (χ0v) is 12.9. The minimum Gasteiger partial charge on any atom is -0.480 e. The number of carboxylic acid groups (broad SMARTS) is 1. The van der Waals surface area contributed by atoms with Gasteiger partial charge in [-0.25, -0.2) is 4.79 Å². The molecular weight excluding hydrogens is 266 g/mol. The molecule has 1 saturated heterocycles. The van der Waals surface area contributed by atoms with E-state index in [2.05, 4.69) is 6.92 Å². The topological polar surface area (TPSA) is 57.6 Å². The second-order valence-corrected chi connectivity index (χ2v) is 5.92. The molecule has 0 bridgehead atoms. The van der Waals surface area contributed by atoms with Crippen molar-refractivity contribution in [2.24, 2.45) is 5.92 Å². The lowest BCUT2D eigenvalue weighted by atomic mass is 9.88. The van der Waals surface area contributed by atoms with Crippen molar-refractivity contribution in [2.45, 2.75) is 46.1 Å². The maximum Gasteiger partial charge on any atom is 0.326 e. The SMILES string of the molecule is CCC1CCN(C(=O)c2c(C)cccc2C)C(C(=O)O)C1. The Labute approximate surface area is 125 Å². The highest BCUT2D eigenvalue weighted by molar-refractivity contribution is 5.99. The van der Waals surface area contributed by atoms with Crippen LogP contribution >= 0.6 is 0 Å². The van der Waals surface area contributed by atoms with Gasteiger partial charge in [0.25, 0.3) is 5.91 Å². The molecule has 114 valence electrons. The van der Waals surface area contributed by atoms with E-state index in [9.17, 15) is 14.7 Å². The molecule has 1 amide bonds. The molecule has 0 spiro atoms. The second kappa shape index (κ2) is 6.29. The van der Waals surface area contributed by atoms with Gasteiger partial charge in [0, 0.05) is 12.1 Å². The molecule has 21 heavy (non-hydrogen) atoms. The molecule has 1 heterocycles. The Balaban J connectivity index is 2.31. The normalized spacial score (nSPS) is 22.1. The molecule has 0 aliphatic carbocycles. The Hall–Kier alpha value is -1.84. The fourth-order valence-electron chi connectivity index (χ4n) is 3.18. The van der Waals surface area contributed by atoms with Gasteiger partial charge in [-0.05, 0) is 43.7 Å². The number of rotatable bonds is 3. The molecule has 2 atom stereocenters. The van der Waals surface area contributed by atoms with Crippen LogP contribution in [-0.4, -0.2) is 34.5 Å². The van der Waals surface area contributed by atoms with Crippen LogP contribution in [0.5, 0.6) is 0 Å². The van der Waals surface area contributed by atoms with Gasteiger partial charge in [0.1, 0.15) is 6.04 Å². The van der Waals surface area contributed by atoms with Crippen LogP contribution in [0.25, 0.3) is 0 Å². The van der Waals surface area contributed by atoms with Gasteiger partial charge in [0.05, 0.1) is 0 Å². The van der Waals surface area contributed by atoms with Crippen LogP contribution in [0.4, 0.5) is 0 Å². The van der Waals surface area contributed by atoms with Gasteiger partial charge >= 0.3 is 5.97 Å². The molecule has 2 unspecified atom stereocenters. The van der Waals surface area contributed by atoms with Crippen LogP contribution in [0.1, 0.15) is 47.7 Å². The van der Waals surface area contributed by atoms with Gasteiger partial charge in [0.2, 0.25) is 0 Å². The van der Waals surface area contributed by atoms with Crippen LogP contribution in [-0.2, 0) is 4.79 Å². The van der Waals surface area contributed by atoms with E-state index < -0.39 is 12.0 Å². The zero-order valence-electron chi connectivity index (χ0n) is 12.9. The van der Waals surface area contributed by atoms with Gasteiger partial charge in [-0.1, -0.05) is 31.5 Å². The number of aryl methyl sites for hydroxylation is 2. The van der Waals surface area contributed by atoms with E-state index >= 15 is 0 Å². The van der Waals surface area contributed by atoms with Crippen LogP contribution in [0.15, 0.2) is 18.2 Å². The van der Waals surface area contributed by atoms with Gasteiger partial charge in [-0.15, -0.1) is 0 Å². The molecule has 1 fully saturated rings. The Morgan fingerprint density at radius 2 is 1.90 bits per heavy atom. The number of benzene rings is 1. The quantitative estimate of drug-likeness (QED) is 0.930. The van der Waals surface area contributed by atoms with Crippen LogP contribution in [0, 0.1) is 19.8 Å². The summed E-state index contributed by atoms with van der Waals surface area (Å²) in [5.74, 6) is -0.645. The lowest BCUT2D eigenvalue weighted by Crippen LogP contribution is -2.50. The molecule has 0 radical (unpaired) electrons. The van der Waals surface area contributed by atoms with E-state index in [1.54, 1.807) is 4.90 Å². The smallest absolute Gasteiger partial charge is 0.326 e. The van der Waals surface area contributed by atoms with E-state index in [4.69, 9.17) is 0 Å². The highest BCUT2D eigenvalue weighted by atomic mass is 16.4. The Bertz CT molecular complexity index is 533. The van der Waals surface area contributed by atoms with Crippen molar-refractivity contribution in [3.8, 4) is 0 Å². The summed E-state index contributed by atoms with van der Waals surface area (Å²) in [5.41, 5.74) is 2.46. The van der Waals surface area contributed by atoms with Crippen molar-refractivity contribution in [1.29, 1.82) is 0 Å². The van der Waals surface area contributed by atoms with E-state index in [1.807, 2.05) is 32.0 Å². The summed E-state index contributed by atoms with van der Waals surface area (Å²) in [5, 5.41) is 9.46. The van der Waals surface area contributed by atoms with Crippen molar-refractivity contribution in [3.63, 3.8) is 0 Å². The molecule has 0 saturated carbocycles. The van der Waals surface area contributed by atoms with Crippen LogP contribution in [0.2, 0.25) is 0 Å². The van der Waals surface area contributed by atoms with Crippen molar-refractivity contribution in [3.05, 3.63) is 34.9 Å². The summed E-state index contributed by atoms with van der Waals surface area (Å²) in [6, 6.07) is 5.01. The van der Waals surface area contributed by atoms with E-state index in [0.717, 1.165) is 24.0 Å². The van der Waals surface area contributed by atoms with Crippen LogP contribution < -0.4 is 0 Å². The molecular formula is C17H23NO3. The lowest BCUT2D eigenvalue weighted by molar-refractivity contribution is -0.144. The molecule has 1 aromatic carbocycles. The highest BCUT2D eigenvalue weighted by Crippen LogP contribution is 2.28. The summed E-state index contributed by atoms with van der Waals surface area (Å²) < 4.78 is 0. The van der Waals surface area contributed by atoms with Gasteiger partial charge in [-0.2, -0.15) is 0 Å². The number of carboxylic acids is 1. The number of piperidine rings is 1. The number of aliphatic carboxylic acids is 1. The average molecular weight is 289 g/mol. The molecule has 4 heteroatoms. The molecule has 1 aliphatic heterocycles. The first kappa shape index (κ1) is 15.5. The third kappa shape index (κ3) is 3.09. The number of hydrogen-bond acceptors (Lipinski definition) is 2. The second-order valence-electron chi connectivity index (χ2n) is 5.92. The minimum absolute atomic E-state index is 0.146. The largest absolute Gasteiger partial charge is 0.480 e. The standard InChI is InChI=1S/C17H23NO3/c1-4-13-8-9-18(14(10-13)17(20)21)16(19)15-11(2)6-5-7-12(15)3/h5-7,13-14H,4,8-10H2,1-3H3,(H,20,21). The molecule has 1 aromatic rings. The van der Waals surface area contributed by atoms with Gasteiger partial charge in [0.15, 0.2) is 0 Å². The predicted octanol–water partition coefficient (Wildman–Crippen LogP) is 3.02. The van der Waals surface area contributed by atoms with Crippen molar-refractivity contribution >= 4 is 11.9 Å². The van der Waals surface area contributed by atoms with Gasteiger partial charge < -0.3 is 10.0 Å². The summed E-state index contributed by atoms with van der Waals surface area (Å²) in [4.78, 5) is 25.9. The lowest BCUT2D eigenvalue weighted by Gasteiger charge is -2.37. The zero-order chi connectivity index (χ0) is 15.6. The third-order valence-electron chi connectivity index (χ3n) is 4.53. The number of carbonyl (C=O) groups is 2. The number of carbonyl (C=O) groups excluding carboxylic acids is 1. The summed E-state index contributed by atoms with van der Waals surface area (Å²) in [7, 11) is 0. The number of amides is 1. The van der Waals surface area contributed by atoms with Gasteiger partial charge in [-0.3, -0.25) is 4.79 Å². The van der Waals surface area contributed by atoms with E-state index in [1.165, 1.54) is 0 Å². The molecule has 2 rings (SSSR count). The molecule has 0 aromatic heterocycles. The predicted molar refractivity (Wildman–Crippen MR) is 81.4 cm³/mol. The van der Waals surface area contributed by atoms with Crippen molar-refractivity contribution in [1.82, 2.24) is 4.90 Å². The summed E-state index contributed by atoms with van der Waals surface area (Å²) >= 11 is 0. The first-order valence-corrected chi connectivity index (χ1v) is 7.55. The van der Waals surface area contributed by atoms with E-state index in [0.29, 0.717) is 24.4 Å². The monoisotopic (exact) mass is 289 g/mol. The number of likely N-dealkylation sites (tertiary alicyclic amines) is 1. The molecule has 1 aliphatic rings. The Morgan fingerprint density at radius 1 is 1.29 bits per heavy atom. The number of hydrogen-bond donors (Lipinski definition) is 1. The van der Waals surface area contributed by atoms with Crippen LogP contribution in [0.3, 0.4) is 0 Å². The fourth-order valence-corrected chi connectivity index (χ4v) is 3.18. The number of nitrogens with zero attached hydrogens (tertiary/aromatic N) is 1. The van der Waals surface area contributed by atoms with Crippen molar-refractivity contribution in [2.75, 3.05) is 6.54 Å². The van der Waals surface area contributed by atoms with E-state index in [-0.39, 0.29) is 5.91 Å². The maximum absolute atomic E-state index is 12.8. The van der Waals surface area contributed by atoms with Crippen molar-refractivity contribution < 1.29 is 14.7 Å².